The first-order valence-corrected chi connectivity index (χ1v) is 10.9. The molecule has 1 aromatic carbocycles. The number of hydrogen-bond acceptors (Lipinski definition) is 12. The zero-order valence-electron chi connectivity index (χ0n) is 19.1. The normalized spacial score (nSPS) is 14.2. The van der Waals surface area contributed by atoms with Crippen LogP contribution in [-0.4, -0.2) is 30.6 Å². The molecule has 3 aromatic heterocycles. The van der Waals surface area contributed by atoms with E-state index in [1.54, 1.807) is 6.20 Å². The molecule has 0 saturated carbocycles. The summed E-state index contributed by atoms with van der Waals surface area (Å²) < 4.78 is 7.42. The van der Waals surface area contributed by atoms with Crippen molar-refractivity contribution in [3.8, 4) is 23.7 Å². The van der Waals surface area contributed by atoms with E-state index in [9.17, 15) is 5.26 Å². The standard InChI is InChI=1S/C23H20N12O/c1-2-15-28-6-7-35(15)10-16-30-21(34-36-16)13-5-3-4-12(8-13)19-17-18(26)14(9-24)20(27)32-22(17)33-23(31-19)29-11-25/h3-8,19H,2,10H2,1H3,(H6,26,27,29,31,32,33). The molecule has 1 aliphatic heterocycles. The Morgan fingerprint density at radius 3 is 2.89 bits per heavy atom. The molecule has 0 radical (unpaired) electrons. The summed E-state index contributed by atoms with van der Waals surface area (Å²) in [6, 6.07) is 8.68. The highest BCUT2D eigenvalue weighted by Crippen LogP contribution is 2.41. The highest BCUT2D eigenvalue weighted by Gasteiger charge is 2.30. The number of imidazole rings is 1. The van der Waals surface area contributed by atoms with Gasteiger partial charge in [0.25, 0.3) is 0 Å². The number of nitrogen functional groups attached to an aromatic ring is 2. The van der Waals surface area contributed by atoms with Gasteiger partial charge in [-0.3, -0.25) is 5.32 Å². The predicted molar refractivity (Wildman–Crippen MR) is 130 cm³/mol. The topological polar surface area (TPSA) is 206 Å². The minimum Gasteiger partial charge on any atom is -0.397 e. The third-order valence-corrected chi connectivity index (χ3v) is 5.71. The number of benzene rings is 1. The molecule has 0 saturated heterocycles. The average Bonchev–Trinajstić information content (AvgIpc) is 3.53. The van der Waals surface area contributed by atoms with Gasteiger partial charge in [0.05, 0.1) is 5.69 Å². The number of guanidine groups is 1. The van der Waals surface area contributed by atoms with Crippen LogP contribution >= 0.6 is 0 Å². The van der Waals surface area contributed by atoms with E-state index in [4.69, 9.17) is 21.3 Å². The monoisotopic (exact) mass is 480 g/mol. The molecule has 36 heavy (non-hydrogen) atoms. The van der Waals surface area contributed by atoms with Crippen LogP contribution in [0, 0.1) is 22.8 Å². The lowest BCUT2D eigenvalue weighted by Gasteiger charge is -2.26. The number of pyridine rings is 1. The summed E-state index contributed by atoms with van der Waals surface area (Å²) in [5, 5.41) is 28.1. The Morgan fingerprint density at radius 2 is 2.11 bits per heavy atom. The van der Waals surface area contributed by atoms with Gasteiger partial charge in [-0.15, -0.1) is 0 Å². The molecule has 0 fully saturated rings. The van der Waals surface area contributed by atoms with Gasteiger partial charge in [-0.05, 0) is 11.6 Å². The molecule has 6 N–H and O–H groups in total. The van der Waals surface area contributed by atoms with Crippen molar-refractivity contribution < 1.29 is 4.52 Å². The first-order valence-electron chi connectivity index (χ1n) is 10.9. The molecule has 1 unspecified atom stereocenters. The SMILES string of the molecule is CCc1nccn1Cc1nc(-c2cccc(C3N=C(NC#N)Nc4nc(N)c(C#N)c(N)c43)c2)no1. The van der Waals surface area contributed by atoms with Crippen molar-refractivity contribution >= 4 is 23.3 Å². The van der Waals surface area contributed by atoms with Crippen LogP contribution in [0.1, 0.15) is 41.4 Å². The molecule has 0 aliphatic carbocycles. The first-order chi connectivity index (χ1) is 17.5. The number of aryl methyl sites for hydroxylation is 1. The van der Waals surface area contributed by atoms with E-state index < -0.39 is 6.04 Å². The molecule has 5 rings (SSSR count). The van der Waals surface area contributed by atoms with Crippen LogP contribution < -0.4 is 22.1 Å². The van der Waals surface area contributed by atoms with Crippen LogP contribution in [0.4, 0.5) is 17.3 Å². The van der Waals surface area contributed by atoms with Gasteiger partial charge in [0.15, 0.2) is 6.19 Å². The van der Waals surface area contributed by atoms with Gasteiger partial charge in [0.1, 0.15) is 41.7 Å². The summed E-state index contributed by atoms with van der Waals surface area (Å²) in [5.41, 5.74) is 14.3. The second-order valence-electron chi connectivity index (χ2n) is 7.86. The molecule has 0 amide bonds. The highest BCUT2D eigenvalue weighted by molar-refractivity contribution is 5.98. The molecule has 178 valence electrons. The van der Waals surface area contributed by atoms with Gasteiger partial charge < -0.3 is 25.9 Å². The molecule has 13 heteroatoms. The molecule has 1 atom stereocenters. The summed E-state index contributed by atoms with van der Waals surface area (Å²) in [4.78, 5) is 17.7. The minimum atomic E-state index is -0.679. The fourth-order valence-electron chi connectivity index (χ4n) is 4.05. The number of aliphatic imine (C=N–C) groups is 1. The number of nitriles is 2. The molecule has 1 aliphatic rings. The Kier molecular flexibility index (Phi) is 5.64. The zero-order chi connectivity index (χ0) is 25.2. The lowest BCUT2D eigenvalue weighted by Crippen LogP contribution is -2.32. The molecular weight excluding hydrogens is 460 g/mol. The van der Waals surface area contributed by atoms with Crippen LogP contribution in [0.2, 0.25) is 0 Å². The maximum atomic E-state index is 9.52. The Balaban J connectivity index is 1.53. The Hall–Kier alpha value is -5.43. The summed E-state index contributed by atoms with van der Waals surface area (Å²) in [5.74, 6) is 2.22. The fourth-order valence-corrected chi connectivity index (χ4v) is 4.05. The van der Waals surface area contributed by atoms with Gasteiger partial charge in [0.2, 0.25) is 17.7 Å². The number of nitrogens with two attached hydrogens (primary N) is 2. The van der Waals surface area contributed by atoms with Crippen molar-refractivity contribution in [3.63, 3.8) is 0 Å². The van der Waals surface area contributed by atoms with Crippen molar-refractivity contribution in [3.05, 3.63) is 65.1 Å². The van der Waals surface area contributed by atoms with Gasteiger partial charge in [-0.1, -0.05) is 30.3 Å². The minimum absolute atomic E-state index is 0.0181. The maximum absolute atomic E-state index is 9.52. The summed E-state index contributed by atoms with van der Waals surface area (Å²) in [6.07, 6.45) is 6.22. The third kappa shape index (κ3) is 3.91. The molecule has 4 aromatic rings. The second kappa shape index (κ2) is 9.08. The highest BCUT2D eigenvalue weighted by atomic mass is 16.5. The molecular formula is C23H20N12O. The Bertz CT molecular complexity index is 1570. The van der Waals surface area contributed by atoms with E-state index in [-0.39, 0.29) is 23.0 Å². The van der Waals surface area contributed by atoms with Crippen LogP contribution in [0.5, 0.6) is 0 Å². The van der Waals surface area contributed by atoms with E-state index in [0.29, 0.717) is 40.8 Å². The lowest BCUT2D eigenvalue weighted by molar-refractivity contribution is 0.370. The fraction of sp³-hybridized carbons (Fsp3) is 0.174. The molecule has 0 bridgehead atoms. The number of nitrogens with one attached hydrogen (secondary N) is 2. The van der Waals surface area contributed by atoms with Crippen LogP contribution in [-0.2, 0) is 13.0 Å². The summed E-state index contributed by atoms with van der Waals surface area (Å²) >= 11 is 0. The van der Waals surface area contributed by atoms with E-state index >= 15 is 0 Å². The van der Waals surface area contributed by atoms with Crippen molar-refractivity contribution in [2.24, 2.45) is 4.99 Å². The predicted octanol–water partition coefficient (Wildman–Crippen LogP) is 1.92. The lowest BCUT2D eigenvalue weighted by atomic mass is 9.94. The average molecular weight is 480 g/mol. The van der Waals surface area contributed by atoms with Gasteiger partial charge in [0, 0.05) is 29.9 Å². The number of anilines is 3. The summed E-state index contributed by atoms with van der Waals surface area (Å²) in [7, 11) is 0. The number of fused-ring (bicyclic) bond motifs is 1. The largest absolute Gasteiger partial charge is 0.397 e. The number of nitrogens with zero attached hydrogens (tertiary/aromatic N) is 8. The zero-order valence-corrected chi connectivity index (χ0v) is 19.1. The number of rotatable bonds is 5. The molecule has 0 spiro atoms. The van der Waals surface area contributed by atoms with Crippen LogP contribution in [0.3, 0.4) is 0 Å². The van der Waals surface area contributed by atoms with E-state index in [2.05, 4.69) is 35.7 Å². The second-order valence-corrected chi connectivity index (χ2v) is 7.86. The van der Waals surface area contributed by atoms with Crippen LogP contribution in [0.25, 0.3) is 11.4 Å². The smallest absolute Gasteiger partial charge is 0.246 e. The van der Waals surface area contributed by atoms with E-state index in [1.807, 2.05) is 54.2 Å². The first kappa shape index (κ1) is 22.4. The maximum Gasteiger partial charge on any atom is 0.246 e. The van der Waals surface area contributed by atoms with E-state index in [1.165, 1.54) is 0 Å². The number of aromatic nitrogens is 5. The third-order valence-electron chi connectivity index (χ3n) is 5.71. The van der Waals surface area contributed by atoms with E-state index in [0.717, 1.165) is 12.2 Å². The Labute approximate surface area is 205 Å². The Morgan fingerprint density at radius 1 is 1.25 bits per heavy atom. The van der Waals surface area contributed by atoms with Crippen molar-refractivity contribution in [2.75, 3.05) is 16.8 Å². The quantitative estimate of drug-likeness (QED) is 0.240. The number of hydrogen-bond donors (Lipinski definition) is 4. The van der Waals surface area contributed by atoms with Crippen molar-refractivity contribution in [1.29, 1.82) is 10.5 Å². The van der Waals surface area contributed by atoms with Gasteiger partial charge in [-0.2, -0.15) is 15.5 Å². The molecule has 4 heterocycles. The van der Waals surface area contributed by atoms with Gasteiger partial charge in [-0.25, -0.2) is 15.0 Å². The summed E-state index contributed by atoms with van der Waals surface area (Å²) in [6.45, 7) is 2.43. The van der Waals surface area contributed by atoms with Crippen molar-refractivity contribution in [1.82, 2.24) is 30.0 Å². The van der Waals surface area contributed by atoms with Crippen LogP contribution in [0.15, 0.2) is 46.2 Å². The molecule has 13 nitrogen and oxygen atoms in total. The van der Waals surface area contributed by atoms with Gasteiger partial charge >= 0.3 is 0 Å². The van der Waals surface area contributed by atoms with Crippen molar-refractivity contribution in [2.45, 2.75) is 25.9 Å².